The molecule has 0 bridgehead atoms. The molecule has 22 heavy (non-hydrogen) atoms. The Morgan fingerprint density at radius 3 is 2.18 bits per heavy atom. The van der Waals surface area contributed by atoms with Gasteiger partial charge in [0.15, 0.2) is 0 Å². The number of carbonyl (C=O) groups is 1. The van der Waals surface area contributed by atoms with Crippen LogP contribution in [0.1, 0.15) is 39.0 Å². The van der Waals surface area contributed by atoms with Gasteiger partial charge in [-0.2, -0.15) is 17.0 Å². The Kier molecular flexibility index (Phi) is 6.10. The lowest BCUT2D eigenvalue weighted by molar-refractivity contribution is -0.131. The molecule has 0 spiro atoms. The molecular weight excluding hydrogens is 326 g/mol. The van der Waals surface area contributed by atoms with Crippen molar-refractivity contribution >= 4 is 27.7 Å². The maximum absolute atomic E-state index is 12.7. The van der Waals surface area contributed by atoms with Crippen molar-refractivity contribution in [2.45, 2.75) is 50.4 Å². The largest absolute Gasteiger partial charge is 0.339 e. The maximum Gasteiger partial charge on any atom is 0.282 e. The lowest BCUT2D eigenvalue weighted by atomic mass is 9.96. The molecule has 0 aromatic rings. The number of hydrogen-bond donors (Lipinski definition) is 0. The molecule has 1 amide bonds. The topological polar surface area (TPSA) is 60.9 Å². The number of carbonyl (C=O) groups excluding carboxylic acids is 1. The summed E-state index contributed by atoms with van der Waals surface area (Å²) >= 11 is 5.81. The van der Waals surface area contributed by atoms with Crippen molar-refractivity contribution < 1.29 is 13.2 Å². The SMILES string of the molecule is CC(Cl)C(=O)N1CCN(S(=O)(=O)N(C)C2CCCCC2)CC1. The minimum atomic E-state index is -3.44. The zero-order chi connectivity index (χ0) is 16.3. The predicted octanol–water partition coefficient (Wildman–Crippen LogP) is 1.27. The van der Waals surface area contributed by atoms with Crippen LogP contribution in [0.25, 0.3) is 0 Å². The average molecular weight is 352 g/mol. The van der Waals surface area contributed by atoms with Gasteiger partial charge in [0, 0.05) is 39.3 Å². The van der Waals surface area contributed by atoms with E-state index in [0.29, 0.717) is 26.2 Å². The van der Waals surface area contributed by atoms with E-state index in [-0.39, 0.29) is 11.9 Å². The van der Waals surface area contributed by atoms with E-state index < -0.39 is 15.6 Å². The van der Waals surface area contributed by atoms with Crippen molar-refractivity contribution in [1.29, 1.82) is 0 Å². The van der Waals surface area contributed by atoms with Crippen LogP contribution in [0.2, 0.25) is 0 Å². The highest BCUT2D eigenvalue weighted by atomic mass is 35.5. The van der Waals surface area contributed by atoms with Crippen LogP contribution in [0.4, 0.5) is 0 Å². The fourth-order valence-corrected chi connectivity index (χ4v) is 4.92. The van der Waals surface area contributed by atoms with Gasteiger partial charge in [-0.05, 0) is 19.8 Å². The molecule has 1 saturated heterocycles. The summed E-state index contributed by atoms with van der Waals surface area (Å²) in [6.07, 6.45) is 5.28. The first kappa shape index (κ1) is 18.0. The van der Waals surface area contributed by atoms with Crippen LogP contribution in [0.15, 0.2) is 0 Å². The number of piperazine rings is 1. The van der Waals surface area contributed by atoms with E-state index in [4.69, 9.17) is 11.6 Å². The molecule has 128 valence electrons. The molecule has 2 aliphatic rings. The lowest BCUT2D eigenvalue weighted by Crippen LogP contribution is -2.55. The number of hydrogen-bond acceptors (Lipinski definition) is 3. The van der Waals surface area contributed by atoms with Crippen molar-refractivity contribution in [3.05, 3.63) is 0 Å². The molecule has 1 aliphatic heterocycles. The van der Waals surface area contributed by atoms with Crippen LogP contribution in [-0.2, 0) is 15.0 Å². The second-order valence-electron chi connectivity index (χ2n) is 6.16. The Bertz CT molecular complexity index is 484. The van der Waals surface area contributed by atoms with Gasteiger partial charge in [-0.15, -0.1) is 11.6 Å². The van der Waals surface area contributed by atoms with E-state index in [1.165, 1.54) is 15.0 Å². The number of halogens is 1. The highest BCUT2D eigenvalue weighted by Crippen LogP contribution is 2.25. The van der Waals surface area contributed by atoms with Crippen LogP contribution < -0.4 is 0 Å². The predicted molar refractivity (Wildman–Crippen MR) is 87.0 cm³/mol. The van der Waals surface area contributed by atoms with Gasteiger partial charge in [0.05, 0.1) is 0 Å². The highest BCUT2D eigenvalue weighted by molar-refractivity contribution is 7.86. The first-order valence-electron chi connectivity index (χ1n) is 8.00. The van der Waals surface area contributed by atoms with E-state index in [2.05, 4.69) is 0 Å². The lowest BCUT2D eigenvalue weighted by Gasteiger charge is -2.39. The zero-order valence-corrected chi connectivity index (χ0v) is 14.9. The normalized spacial score (nSPS) is 23.7. The smallest absolute Gasteiger partial charge is 0.282 e. The van der Waals surface area contributed by atoms with Crippen molar-refractivity contribution in [3.63, 3.8) is 0 Å². The van der Waals surface area contributed by atoms with Crippen molar-refractivity contribution in [2.75, 3.05) is 33.2 Å². The molecular formula is C14H26ClN3O3S. The Morgan fingerprint density at radius 2 is 1.68 bits per heavy atom. The molecule has 1 atom stereocenters. The molecule has 6 nitrogen and oxygen atoms in total. The molecule has 1 heterocycles. The van der Waals surface area contributed by atoms with E-state index in [0.717, 1.165) is 25.7 Å². The van der Waals surface area contributed by atoms with Crippen LogP contribution in [0.3, 0.4) is 0 Å². The maximum atomic E-state index is 12.7. The molecule has 1 aliphatic carbocycles. The summed E-state index contributed by atoms with van der Waals surface area (Å²) in [4.78, 5) is 13.5. The van der Waals surface area contributed by atoms with E-state index in [9.17, 15) is 13.2 Å². The van der Waals surface area contributed by atoms with E-state index in [1.54, 1.807) is 18.9 Å². The molecule has 0 radical (unpaired) electrons. The molecule has 1 unspecified atom stereocenters. The summed E-state index contributed by atoms with van der Waals surface area (Å²) in [5, 5.41) is -0.562. The summed E-state index contributed by atoms with van der Waals surface area (Å²) in [5.74, 6) is -0.126. The minimum absolute atomic E-state index is 0.112. The van der Waals surface area contributed by atoms with Crippen LogP contribution in [0, 0.1) is 0 Å². The first-order valence-corrected chi connectivity index (χ1v) is 9.83. The van der Waals surface area contributed by atoms with Gasteiger partial charge in [0.2, 0.25) is 5.91 Å². The third-order valence-electron chi connectivity index (χ3n) is 4.67. The minimum Gasteiger partial charge on any atom is -0.339 e. The Hall–Kier alpha value is -0.370. The van der Waals surface area contributed by atoms with Crippen molar-refractivity contribution in [2.24, 2.45) is 0 Å². The number of amides is 1. The molecule has 0 aromatic heterocycles. The van der Waals surface area contributed by atoms with Gasteiger partial charge in [-0.3, -0.25) is 4.79 Å². The number of rotatable bonds is 4. The van der Waals surface area contributed by atoms with Gasteiger partial charge in [0.1, 0.15) is 5.38 Å². The second-order valence-corrected chi connectivity index (χ2v) is 8.80. The molecule has 0 aromatic carbocycles. The fourth-order valence-electron chi connectivity index (χ4n) is 3.21. The molecule has 8 heteroatoms. The van der Waals surface area contributed by atoms with Gasteiger partial charge in [-0.1, -0.05) is 19.3 Å². The number of alkyl halides is 1. The fraction of sp³-hybridized carbons (Fsp3) is 0.929. The van der Waals surface area contributed by atoms with Crippen molar-refractivity contribution in [1.82, 2.24) is 13.5 Å². The summed E-state index contributed by atoms with van der Waals surface area (Å²) in [7, 11) is -1.75. The summed E-state index contributed by atoms with van der Waals surface area (Å²) in [6, 6.07) is 0.112. The molecule has 2 rings (SSSR count). The zero-order valence-electron chi connectivity index (χ0n) is 13.4. The third kappa shape index (κ3) is 3.93. The Labute approximate surface area is 138 Å². The summed E-state index contributed by atoms with van der Waals surface area (Å²) in [5.41, 5.74) is 0. The quantitative estimate of drug-likeness (QED) is 0.716. The highest BCUT2D eigenvalue weighted by Gasteiger charge is 2.35. The Morgan fingerprint density at radius 1 is 1.14 bits per heavy atom. The van der Waals surface area contributed by atoms with Crippen molar-refractivity contribution in [3.8, 4) is 0 Å². The molecule has 1 saturated carbocycles. The van der Waals surface area contributed by atoms with Crippen LogP contribution in [0.5, 0.6) is 0 Å². The Balaban J connectivity index is 1.95. The van der Waals surface area contributed by atoms with Gasteiger partial charge >= 0.3 is 0 Å². The van der Waals surface area contributed by atoms with Crippen LogP contribution >= 0.6 is 11.6 Å². The third-order valence-corrected chi connectivity index (χ3v) is 6.90. The molecule has 0 N–H and O–H groups in total. The summed E-state index contributed by atoms with van der Waals surface area (Å²) in [6.45, 7) is 3.15. The van der Waals surface area contributed by atoms with Gasteiger partial charge in [0.25, 0.3) is 10.2 Å². The summed E-state index contributed by atoms with van der Waals surface area (Å²) < 4.78 is 28.5. The number of nitrogens with zero attached hydrogens (tertiary/aromatic N) is 3. The molecule has 2 fully saturated rings. The van der Waals surface area contributed by atoms with Gasteiger partial charge in [-0.25, -0.2) is 0 Å². The van der Waals surface area contributed by atoms with E-state index in [1.807, 2.05) is 0 Å². The van der Waals surface area contributed by atoms with Gasteiger partial charge < -0.3 is 4.90 Å². The van der Waals surface area contributed by atoms with Crippen LogP contribution in [-0.4, -0.2) is 72.5 Å². The average Bonchev–Trinajstić information content (AvgIpc) is 2.54. The van der Waals surface area contributed by atoms with E-state index >= 15 is 0 Å². The second kappa shape index (κ2) is 7.47. The first-order chi connectivity index (χ1) is 10.3. The monoisotopic (exact) mass is 351 g/mol. The standard InChI is InChI=1S/C14H26ClN3O3S/c1-12(15)14(19)17-8-10-18(11-9-17)22(20,21)16(2)13-6-4-3-5-7-13/h12-13H,3-11H2,1-2H3.